The summed E-state index contributed by atoms with van der Waals surface area (Å²) in [6.45, 7) is 4.82. The van der Waals surface area contributed by atoms with Gasteiger partial charge in [0.1, 0.15) is 0 Å². The van der Waals surface area contributed by atoms with Gasteiger partial charge < -0.3 is 29.9 Å². The van der Waals surface area contributed by atoms with E-state index in [2.05, 4.69) is 9.88 Å². The Morgan fingerprint density at radius 1 is 1.50 bits per heavy atom. The Morgan fingerprint density at radius 2 is 2.18 bits per heavy atom. The van der Waals surface area contributed by atoms with Crippen LogP contribution in [0, 0.1) is 11.8 Å². The van der Waals surface area contributed by atoms with Gasteiger partial charge in [-0.15, -0.1) is 23.1 Å². The van der Waals surface area contributed by atoms with Crippen molar-refractivity contribution in [2.45, 2.75) is 37.9 Å². The summed E-state index contributed by atoms with van der Waals surface area (Å²) in [6.07, 6.45) is -0.807. The number of nitrogens with zero attached hydrogens (tertiary/aromatic N) is 3. The molecule has 2 N–H and O–H groups in total. The molecule has 2 saturated heterocycles. The van der Waals surface area contributed by atoms with Gasteiger partial charge in [-0.05, 0) is 6.92 Å². The second kappa shape index (κ2) is 8.25. The molecule has 8 nitrogen and oxygen atoms in total. The quantitative estimate of drug-likeness (QED) is 0.349. The van der Waals surface area contributed by atoms with Crippen molar-refractivity contribution in [1.82, 2.24) is 9.88 Å². The third-order valence-corrected chi connectivity index (χ3v) is 7.82. The number of carboxylic acid groups (broad SMARTS) is 1. The van der Waals surface area contributed by atoms with Crippen LogP contribution in [-0.2, 0) is 16.2 Å². The molecule has 0 unspecified atom stereocenters. The molecule has 0 saturated carbocycles. The first-order valence-electron chi connectivity index (χ1n) is 8.77. The third-order valence-electron chi connectivity index (χ3n) is 5.42. The van der Waals surface area contributed by atoms with Gasteiger partial charge in [-0.3, -0.25) is 4.79 Å². The first-order chi connectivity index (χ1) is 12.8. The zero-order chi connectivity index (χ0) is 19.5. The number of carbonyl (C=O) groups is 2. The van der Waals surface area contributed by atoms with Crippen LogP contribution >= 0.6 is 23.1 Å². The number of hydrogen-bond donors (Lipinski definition) is 2. The maximum absolute atomic E-state index is 12.3. The zero-order valence-electron chi connectivity index (χ0n) is 15.9. The molecule has 0 bridgehead atoms. The molecular weight excluding hydrogens is 413 g/mol. The summed E-state index contributed by atoms with van der Waals surface area (Å²) >= 11 is 2.95. The van der Waals surface area contributed by atoms with Crippen molar-refractivity contribution in [3.8, 4) is 0 Å². The van der Waals surface area contributed by atoms with Crippen LogP contribution < -0.4 is 39.6 Å². The number of aromatic nitrogens is 1. The Morgan fingerprint density at radius 3 is 2.71 bits per heavy atom. The molecular formula is C17H20N3NaO5S2. The van der Waals surface area contributed by atoms with Crippen LogP contribution in [0.4, 0.5) is 5.13 Å². The van der Waals surface area contributed by atoms with E-state index in [4.69, 9.17) is 5.11 Å². The number of anilines is 1. The normalized spacial score (nSPS) is 27.9. The number of fused-ring (bicyclic) bond motifs is 1. The van der Waals surface area contributed by atoms with E-state index in [1.165, 1.54) is 28.0 Å². The Balaban J connectivity index is 0.00000225. The number of carbonyl (C=O) groups excluding carboxylic acids is 2. The Kier molecular flexibility index (Phi) is 6.51. The second-order valence-corrected chi connectivity index (χ2v) is 9.36. The number of hydrogen-bond acceptors (Lipinski definition) is 9. The number of aliphatic carboxylic acids is 1. The summed E-state index contributed by atoms with van der Waals surface area (Å²) in [6, 6.07) is -0.310. The van der Waals surface area contributed by atoms with E-state index in [1.54, 1.807) is 6.92 Å². The monoisotopic (exact) mass is 433 g/mol. The molecule has 0 aliphatic carbocycles. The largest absolute Gasteiger partial charge is 1.00 e. The molecule has 28 heavy (non-hydrogen) atoms. The molecule has 1 aromatic rings. The number of β-lactam (4-membered cyclic amide) rings is 1. The number of aliphatic hydroxyl groups is 2. The molecule has 1 amide bonds. The summed E-state index contributed by atoms with van der Waals surface area (Å²) in [5, 5.41) is 33.5. The maximum atomic E-state index is 12.3. The van der Waals surface area contributed by atoms with Crippen LogP contribution in [0.3, 0.4) is 0 Å². The van der Waals surface area contributed by atoms with Crippen molar-refractivity contribution in [2.75, 3.05) is 18.0 Å². The summed E-state index contributed by atoms with van der Waals surface area (Å²) in [7, 11) is 0. The number of aliphatic hydroxyl groups excluding tert-OH is 2. The first-order valence-corrected chi connectivity index (χ1v) is 10.5. The van der Waals surface area contributed by atoms with E-state index in [0.717, 1.165) is 18.2 Å². The number of thiazole rings is 1. The van der Waals surface area contributed by atoms with Crippen molar-refractivity contribution in [1.29, 1.82) is 0 Å². The van der Waals surface area contributed by atoms with Crippen LogP contribution in [0.5, 0.6) is 0 Å². The van der Waals surface area contributed by atoms with E-state index in [-0.39, 0.29) is 65.0 Å². The molecule has 0 aromatic carbocycles. The van der Waals surface area contributed by atoms with Gasteiger partial charge in [-0.2, -0.15) is 0 Å². The molecule has 3 aliphatic heterocycles. The molecule has 4 atom stereocenters. The van der Waals surface area contributed by atoms with Gasteiger partial charge >= 0.3 is 29.6 Å². The second-order valence-electron chi connectivity index (χ2n) is 7.18. The summed E-state index contributed by atoms with van der Waals surface area (Å²) in [4.78, 5) is 32.4. The van der Waals surface area contributed by atoms with Gasteiger partial charge in [-0.1, -0.05) is 6.92 Å². The first kappa shape index (κ1) is 22.1. The van der Waals surface area contributed by atoms with Crippen LogP contribution in [-0.4, -0.2) is 62.5 Å². The number of rotatable bonds is 6. The molecule has 4 rings (SSSR count). The predicted molar refractivity (Wildman–Crippen MR) is 98.6 cm³/mol. The maximum Gasteiger partial charge on any atom is 1.00 e. The minimum Gasteiger partial charge on any atom is -0.543 e. The molecule has 146 valence electrons. The molecule has 0 radical (unpaired) electrons. The SMILES string of the molecule is C[C@@H](O)[C@H]1C(=O)N2C(C(=O)[O-])=C(SC3CN(c4nc(CO)cs4)C3)[C@H](C)[C@H]12.[Na+]. The van der Waals surface area contributed by atoms with Gasteiger partial charge in [0.15, 0.2) is 5.13 Å². The third kappa shape index (κ3) is 3.42. The molecule has 4 heterocycles. The average molecular weight is 433 g/mol. The Labute approximate surface area is 192 Å². The van der Waals surface area contributed by atoms with Crippen molar-refractivity contribution in [3.05, 3.63) is 21.7 Å². The van der Waals surface area contributed by atoms with E-state index < -0.39 is 18.0 Å². The van der Waals surface area contributed by atoms with Crippen molar-refractivity contribution in [3.63, 3.8) is 0 Å². The Hall–Kier alpha value is -0.620. The molecule has 11 heteroatoms. The van der Waals surface area contributed by atoms with Crippen molar-refractivity contribution >= 4 is 40.1 Å². The van der Waals surface area contributed by atoms with E-state index >= 15 is 0 Å². The van der Waals surface area contributed by atoms with Crippen LogP contribution in [0.15, 0.2) is 16.0 Å². The predicted octanol–water partition coefficient (Wildman–Crippen LogP) is -3.62. The molecule has 3 aliphatic rings. The smallest absolute Gasteiger partial charge is 0.543 e. The van der Waals surface area contributed by atoms with Gasteiger partial charge in [0.25, 0.3) is 0 Å². The number of amides is 1. The summed E-state index contributed by atoms with van der Waals surface area (Å²) < 4.78 is 0. The fourth-order valence-electron chi connectivity index (χ4n) is 4.03. The fourth-order valence-corrected chi connectivity index (χ4v) is 6.38. The van der Waals surface area contributed by atoms with Gasteiger partial charge in [0.05, 0.1) is 42.0 Å². The van der Waals surface area contributed by atoms with Gasteiger partial charge in [0.2, 0.25) is 5.91 Å². The topological polar surface area (TPSA) is 117 Å². The molecule has 1 aromatic heterocycles. The summed E-state index contributed by atoms with van der Waals surface area (Å²) in [5.41, 5.74) is 0.610. The van der Waals surface area contributed by atoms with Crippen LogP contribution in [0.2, 0.25) is 0 Å². The van der Waals surface area contributed by atoms with E-state index in [1.807, 2.05) is 12.3 Å². The van der Waals surface area contributed by atoms with E-state index in [9.17, 15) is 19.8 Å². The van der Waals surface area contributed by atoms with Crippen molar-refractivity contribution in [2.24, 2.45) is 11.8 Å². The van der Waals surface area contributed by atoms with Gasteiger partial charge in [-0.25, -0.2) is 4.98 Å². The summed E-state index contributed by atoms with van der Waals surface area (Å²) in [5.74, 6) is -2.38. The average Bonchev–Trinajstić information content (AvgIpc) is 3.12. The zero-order valence-corrected chi connectivity index (χ0v) is 19.5. The number of thioether (sulfide) groups is 1. The van der Waals surface area contributed by atoms with Gasteiger partial charge in [0, 0.05) is 34.5 Å². The fraction of sp³-hybridized carbons (Fsp3) is 0.588. The Bertz CT molecular complexity index is 823. The van der Waals surface area contributed by atoms with E-state index in [0.29, 0.717) is 10.6 Å². The molecule has 2 fully saturated rings. The molecule has 0 spiro atoms. The minimum atomic E-state index is -1.34. The van der Waals surface area contributed by atoms with Crippen LogP contribution in [0.25, 0.3) is 0 Å². The number of carboxylic acids is 1. The van der Waals surface area contributed by atoms with Crippen LogP contribution in [0.1, 0.15) is 19.5 Å². The standard InChI is InChI=1S/C17H21N3O5S2.Na/c1-7-12-11(8(2)22)15(23)20(12)13(16(24)25)14(7)27-10-3-19(4-10)17-18-9(5-21)6-26-17;/h6-8,10-12,21-22H,3-5H2,1-2H3,(H,24,25);/q;+1/p-1/t7-,8-,11-,12-;/m1./s1. The van der Waals surface area contributed by atoms with Crippen molar-refractivity contribution < 1.29 is 54.5 Å². The minimum absolute atomic E-state index is 0.